The molecule has 1 aliphatic rings. The van der Waals surface area contributed by atoms with Crippen LogP contribution in [0.5, 0.6) is 0 Å². The quantitative estimate of drug-likeness (QED) is 0.239. The third-order valence-corrected chi connectivity index (χ3v) is 6.57. The van der Waals surface area contributed by atoms with E-state index in [1.807, 2.05) is 0 Å². The lowest BCUT2D eigenvalue weighted by atomic mass is 9.85. The molecule has 0 fully saturated rings. The summed E-state index contributed by atoms with van der Waals surface area (Å²) in [6, 6.07) is 33.0. The molecule has 0 spiro atoms. The highest BCUT2D eigenvalue weighted by Gasteiger charge is 2.40. The lowest BCUT2D eigenvalue weighted by molar-refractivity contribution is -0.681. The number of imidazole rings is 1. The van der Waals surface area contributed by atoms with Gasteiger partial charge in [-0.1, -0.05) is 80.2 Å². The molecule has 1 aromatic heterocycles. The maximum absolute atomic E-state index is 4.22. The zero-order valence-corrected chi connectivity index (χ0v) is 17.0. The average Bonchev–Trinajstić information content (AvgIpc) is 3.14. The molecule has 2 nitrogen and oxygen atoms in total. The van der Waals surface area contributed by atoms with Crippen molar-refractivity contribution in [3.05, 3.63) is 109 Å². The third kappa shape index (κ3) is 2.22. The van der Waals surface area contributed by atoms with Gasteiger partial charge in [-0.3, -0.25) is 0 Å². The van der Waals surface area contributed by atoms with Crippen molar-refractivity contribution >= 4 is 21.8 Å². The molecule has 2 heterocycles. The summed E-state index contributed by atoms with van der Waals surface area (Å²) in [6.07, 6.45) is 2.10. The van der Waals surface area contributed by atoms with Crippen LogP contribution in [0.15, 0.2) is 104 Å². The van der Waals surface area contributed by atoms with E-state index in [-0.39, 0.29) is 6.04 Å². The van der Waals surface area contributed by atoms with Gasteiger partial charge < -0.3 is 0 Å². The van der Waals surface area contributed by atoms with Crippen molar-refractivity contribution in [3.63, 3.8) is 0 Å². The molecule has 0 saturated heterocycles. The highest BCUT2D eigenvalue weighted by atomic mass is 15.2. The van der Waals surface area contributed by atoms with Crippen LogP contribution in [-0.2, 0) is 0 Å². The highest BCUT2D eigenvalue weighted by Crippen LogP contribution is 2.42. The normalized spacial score (nSPS) is 17.6. The Morgan fingerprint density at radius 1 is 0.833 bits per heavy atom. The molecule has 6 rings (SSSR count). The van der Waals surface area contributed by atoms with Crippen LogP contribution < -0.4 is 4.57 Å². The van der Waals surface area contributed by atoms with Crippen LogP contribution in [-0.4, -0.2) is 4.57 Å². The fourth-order valence-electron chi connectivity index (χ4n) is 5.21. The minimum atomic E-state index is 0.205. The summed E-state index contributed by atoms with van der Waals surface area (Å²) in [4.78, 5) is 0. The summed E-state index contributed by atoms with van der Waals surface area (Å²) in [5.74, 6) is 1.59. The smallest absolute Gasteiger partial charge is 0.215 e. The molecular weight excluding hydrogens is 364 g/mol. The van der Waals surface area contributed by atoms with Crippen molar-refractivity contribution in [2.75, 3.05) is 0 Å². The molecule has 0 saturated carbocycles. The van der Waals surface area contributed by atoms with Gasteiger partial charge in [0, 0.05) is 11.3 Å². The molecule has 5 aromatic rings. The van der Waals surface area contributed by atoms with Crippen LogP contribution >= 0.6 is 0 Å². The Balaban J connectivity index is 1.84. The van der Waals surface area contributed by atoms with E-state index in [0.29, 0.717) is 5.92 Å². The van der Waals surface area contributed by atoms with E-state index in [1.165, 1.54) is 44.4 Å². The zero-order valence-electron chi connectivity index (χ0n) is 17.0. The second-order valence-corrected chi connectivity index (χ2v) is 8.12. The summed E-state index contributed by atoms with van der Waals surface area (Å²) in [7, 11) is 0. The zero-order chi connectivity index (χ0) is 20.2. The monoisotopic (exact) mass is 387 g/mol. The number of nitrogens with zero attached hydrogens (tertiary/aromatic N) is 2. The molecule has 4 aromatic carbocycles. The maximum atomic E-state index is 4.22. The molecule has 0 radical (unpaired) electrons. The van der Waals surface area contributed by atoms with Crippen LogP contribution in [0.3, 0.4) is 0 Å². The van der Waals surface area contributed by atoms with Gasteiger partial charge in [-0.15, -0.1) is 0 Å². The molecule has 0 bridgehead atoms. The lowest BCUT2D eigenvalue weighted by Crippen LogP contribution is -2.45. The van der Waals surface area contributed by atoms with E-state index in [2.05, 4.69) is 120 Å². The Morgan fingerprint density at radius 2 is 1.57 bits per heavy atom. The molecule has 2 unspecified atom stereocenters. The van der Waals surface area contributed by atoms with Crippen molar-refractivity contribution in [2.45, 2.75) is 18.9 Å². The third-order valence-electron chi connectivity index (χ3n) is 6.57. The molecule has 30 heavy (non-hydrogen) atoms. The number of rotatable bonds is 2. The minimum Gasteiger partial charge on any atom is -0.215 e. The number of allylic oxidation sites excluding steroid dienone is 1. The average molecular weight is 388 g/mol. The van der Waals surface area contributed by atoms with Gasteiger partial charge in [0.1, 0.15) is 11.7 Å². The first kappa shape index (κ1) is 17.2. The van der Waals surface area contributed by atoms with Gasteiger partial charge in [0.2, 0.25) is 0 Å². The number of fused-ring (bicyclic) bond motifs is 6. The summed E-state index contributed by atoms with van der Waals surface area (Å²) in [5.41, 5.74) is 6.36. The molecule has 0 amide bonds. The number of benzene rings is 4. The van der Waals surface area contributed by atoms with Gasteiger partial charge in [0.25, 0.3) is 5.82 Å². The fraction of sp³-hybridized carbons (Fsp3) is 0.107. The molecule has 144 valence electrons. The predicted molar refractivity (Wildman–Crippen MR) is 124 cm³/mol. The second-order valence-electron chi connectivity index (χ2n) is 8.12. The summed E-state index contributed by atoms with van der Waals surface area (Å²) >= 11 is 0. The Hall–Kier alpha value is -3.65. The van der Waals surface area contributed by atoms with E-state index < -0.39 is 0 Å². The van der Waals surface area contributed by atoms with E-state index in [9.17, 15) is 0 Å². The number of hydrogen-bond acceptors (Lipinski definition) is 0. The van der Waals surface area contributed by atoms with Gasteiger partial charge in [0.15, 0.2) is 11.0 Å². The maximum Gasteiger partial charge on any atom is 0.295 e. The summed E-state index contributed by atoms with van der Waals surface area (Å²) < 4.78 is 4.93. The molecular formula is C28H23N2+. The first-order chi connectivity index (χ1) is 14.8. The van der Waals surface area contributed by atoms with Crippen molar-refractivity contribution < 1.29 is 4.57 Å². The van der Waals surface area contributed by atoms with E-state index in [4.69, 9.17) is 0 Å². The van der Waals surface area contributed by atoms with Gasteiger partial charge in [0.05, 0.1) is 5.56 Å². The van der Waals surface area contributed by atoms with E-state index in [0.717, 1.165) is 0 Å². The van der Waals surface area contributed by atoms with Gasteiger partial charge in [-0.2, -0.15) is 4.57 Å². The number of para-hydroxylation sites is 2. The highest BCUT2D eigenvalue weighted by molar-refractivity contribution is 5.93. The number of aromatic nitrogens is 2. The molecule has 2 heteroatoms. The summed E-state index contributed by atoms with van der Waals surface area (Å²) in [5, 5.41) is 2.51. The van der Waals surface area contributed by atoms with Crippen LogP contribution in [0.25, 0.3) is 38.9 Å². The predicted octanol–water partition coefficient (Wildman–Crippen LogP) is 6.58. The molecule has 2 atom stereocenters. The molecule has 0 aliphatic carbocycles. The molecule has 1 aliphatic heterocycles. The standard InChI is InChI=1S/C28H23N2/c1-3-24-19(2)21-13-6-7-15-23(21)28-29(24)26-16-8-9-17-27(26)30(28)25-18-10-12-20-11-4-5-14-22(20)25/h3-19,24H,1H2,2H3/q+1. The largest absolute Gasteiger partial charge is 0.295 e. The van der Waals surface area contributed by atoms with Gasteiger partial charge in [-0.05, 0) is 41.3 Å². The van der Waals surface area contributed by atoms with Crippen molar-refractivity contribution in [3.8, 4) is 17.1 Å². The van der Waals surface area contributed by atoms with Gasteiger partial charge >= 0.3 is 0 Å². The van der Waals surface area contributed by atoms with Crippen LogP contribution in [0, 0.1) is 0 Å². The first-order valence-corrected chi connectivity index (χ1v) is 10.5. The second kappa shape index (κ2) is 6.43. The SMILES string of the molecule is C=CC1C(C)c2ccccc2-c2n(-c3cccc4ccccc34)c3ccccc3[n+]21. The topological polar surface area (TPSA) is 8.81 Å². The lowest BCUT2D eigenvalue weighted by Gasteiger charge is -2.27. The van der Waals surface area contributed by atoms with Crippen LogP contribution in [0.2, 0.25) is 0 Å². The Morgan fingerprint density at radius 3 is 2.47 bits per heavy atom. The molecule has 0 N–H and O–H groups in total. The Kier molecular flexibility index (Phi) is 3.69. The van der Waals surface area contributed by atoms with Gasteiger partial charge in [-0.25, -0.2) is 4.57 Å². The van der Waals surface area contributed by atoms with Crippen LogP contribution in [0.4, 0.5) is 0 Å². The van der Waals surface area contributed by atoms with Crippen LogP contribution in [0.1, 0.15) is 24.4 Å². The summed E-state index contributed by atoms with van der Waals surface area (Å²) in [6.45, 7) is 6.53. The van der Waals surface area contributed by atoms with E-state index in [1.54, 1.807) is 0 Å². The Bertz CT molecular complexity index is 1430. The number of hydrogen-bond donors (Lipinski definition) is 0. The van der Waals surface area contributed by atoms with E-state index >= 15 is 0 Å². The Labute approximate surface area is 176 Å². The minimum absolute atomic E-state index is 0.205. The first-order valence-electron chi connectivity index (χ1n) is 10.5. The van der Waals surface area contributed by atoms with Crippen molar-refractivity contribution in [2.24, 2.45) is 0 Å². The van der Waals surface area contributed by atoms with Crippen molar-refractivity contribution in [1.29, 1.82) is 0 Å². The van der Waals surface area contributed by atoms with Crippen molar-refractivity contribution in [1.82, 2.24) is 4.57 Å². The fourth-order valence-corrected chi connectivity index (χ4v) is 5.21.